The fourth-order valence-electron chi connectivity index (χ4n) is 2.61. The number of aryl methyl sites for hydroxylation is 1. The van der Waals surface area contributed by atoms with Crippen molar-refractivity contribution in [2.45, 2.75) is 13.5 Å². The van der Waals surface area contributed by atoms with Gasteiger partial charge in [0.25, 0.3) is 11.6 Å². The first-order valence-electron chi connectivity index (χ1n) is 8.68. The van der Waals surface area contributed by atoms with Crippen LogP contribution < -0.4 is 5.32 Å². The highest BCUT2D eigenvalue weighted by Gasteiger charge is 2.19. The van der Waals surface area contributed by atoms with Gasteiger partial charge in [-0.25, -0.2) is 4.79 Å². The van der Waals surface area contributed by atoms with Gasteiger partial charge in [-0.15, -0.1) is 0 Å². The van der Waals surface area contributed by atoms with Crippen LogP contribution in [0.4, 0.5) is 11.4 Å². The minimum absolute atomic E-state index is 0.0358. The third kappa shape index (κ3) is 4.74. The average Bonchev–Trinajstić information content (AvgIpc) is 3.19. The van der Waals surface area contributed by atoms with Gasteiger partial charge in [0, 0.05) is 29.9 Å². The van der Waals surface area contributed by atoms with Gasteiger partial charge in [-0.2, -0.15) is 4.98 Å². The van der Waals surface area contributed by atoms with Gasteiger partial charge in [-0.1, -0.05) is 29.4 Å². The van der Waals surface area contributed by atoms with E-state index in [4.69, 9.17) is 14.4 Å². The number of aromatic nitrogens is 2. The van der Waals surface area contributed by atoms with Gasteiger partial charge in [0.05, 0.1) is 17.1 Å². The summed E-state index contributed by atoms with van der Waals surface area (Å²) in [6.45, 7) is 1.62. The third-order valence-electron chi connectivity index (χ3n) is 4.04. The molecule has 0 aliphatic carbocycles. The van der Waals surface area contributed by atoms with Crippen LogP contribution in [0.5, 0.6) is 0 Å². The van der Waals surface area contributed by atoms with E-state index in [1.165, 1.54) is 12.1 Å². The molecule has 1 heterocycles. The van der Waals surface area contributed by atoms with Gasteiger partial charge in [0.2, 0.25) is 5.82 Å². The predicted molar refractivity (Wildman–Crippen MR) is 102 cm³/mol. The number of carbonyl (C=O) groups excluding carboxylic acids is 1. The maximum Gasteiger partial charge on any atom is 0.341 e. The molecule has 0 aliphatic heterocycles. The Morgan fingerprint density at radius 1 is 1.31 bits per heavy atom. The van der Waals surface area contributed by atoms with E-state index in [0.717, 1.165) is 17.2 Å². The first-order valence-corrected chi connectivity index (χ1v) is 8.68. The average molecular weight is 398 g/mol. The maximum atomic E-state index is 12.5. The van der Waals surface area contributed by atoms with Gasteiger partial charge in [-0.05, 0) is 18.6 Å². The molecule has 0 spiro atoms. The largest absolute Gasteiger partial charge is 0.452 e. The number of benzene rings is 2. The fourth-order valence-corrected chi connectivity index (χ4v) is 2.61. The number of ether oxygens (including phenoxy) is 1. The number of anilines is 1. The van der Waals surface area contributed by atoms with Crippen molar-refractivity contribution in [2.75, 3.05) is 18.5 Å². The zero-order valence-electron chi connectivity index (χ0n) is 15.5. The van der Waals surface area contributed by atoms with Crippen LogP contribution in [0.25, 0.3) is 11.4 Å². The van der Waals surface area contributed by atoms with Crippen molar-refractivity contribution in [2.24, 2.45) is 0 Å². The molecule has 10 heteroatoms. The summed E-state index contributed by atoms with van der Waals surface area (Å²) in [4.78, 5) is 27.1. The molecule has 29 heavy (non-hydrogen) atoms. The van der Waals surface area contributed by atoms with E-state index in [1.54, 1.807) is 0 Å². The Morgan fingerprint density at radius 3 is 2.83 bits per heavy atom. The van der Waals surface area contributed by atoms with E-state index in [2.05, 4.69) is 15.5 Å². The van der Waals surface area contributed by atoms with Crippen molar-refractivity contribution in [1.29, 1.82) is 0 Å². The highest BCUT2D eigenvalue weighted by molar-refractivity contribution is 5.96. The number of non-ortho nitro benzene ring substituents is 1. The number of nitrogens with one attached hydrogen (secondary N) is 1. The number of nitro benzene ring substituents is 1. The molecule has 0 saturated heterocycles. The lowest BCUT2D eigenvalue weighted by atomic mass is 10.1. The minimum Gasteiger partial charge on any atom is -0.452 e. The molecule has 0 bridgehead atoms. The predicted octanol–water partition coefficient (Wildman–Crippen LogP) is 2.71. The summed E-state index contributed by atoms with van der Waals surface area (Å²) < 4.78 is 10.3. The van der Waals surface area contributed by atoms with Crippen LogP contribution in [0.3, 0.4) is 0 Å². The van der Waals surface area contributed by atoms with E-state index in [9.17, 15) is 14.9 Å². The number of rotatable bonds is 8. The molecule has 0 aliphatic rings. The molecule has 0 atom stereocenters. The SMILES string of the molecule is Cc1ccccc1-c1noc(COC(=O)c2cc([N+](=O)[O-])ccc2NCCO)n1. The Hall–Kier alpha value is -3.79. The zero-order chi connectivity index (χ0) is 20.8. The van der Waals surface area contributed by atoms with Crippen LogP contribution in [0.1, 0.15) is 21.8 Å². The quantitative estimate of drug-likeness (QED) is 0.333. The molecule has 10 nitrogen and oxygen atoms in total. The Balaban J connectivity index is 1.74. The number of esters is 1. The van der Waals surface area contributed by atoms with Gasteiger partial charge in [-0.3, -0.25) is 10.1 Å². The molecule has 2 aromatic carbocycles. The summed E-state index contributed by atoms with van der Waals surface area (Å²) in [5.74, 6) is -0.341. The van der Waals surface area contributed by atoms with Crippen molar-refractivity contribution in [3.8, 4) is 11.4 Å². The molecule has 1 aromatic heterocycles. The Morgan fingerprint density at radius 2 is 2.10 bits per heavy atom. The highest BCUT2D eigenvalue weighted by atomic mass is 16.6. The lowest BCUT2D eigenvalue weighted by molar-refractivity contribution is -0.384. The van der Waals surface area contributed by atoms with Crippen molar-refractivity contribution in [1.82, 2.24) is 10.1 Å². The van der Waals surface area contributed by atoms with Gasteiger partial charge >= 0.3 is 5.97 Å². The van der Waals surface area contributed by atoms with Gasteiger partial charge < -0.3 is 19.7 Å². The standard InChI is InChI=1S/C19H18N4O6/c1-12-4-2-3-5-14(12)18-21-17(29-22-18)11-28-19(25)15-10-13(23(26)27)6-7-16(15)20-8-9-24/h2-7,10,20,24H,8-9,11H2,1H3. The third-order valence-corrected chi connectivity index (χ3v) is 4.04. The summed E-state index contributed by atoms with van der Waals surface area (Å²) in [7, 11) is 0. The molecule has 0 saturated carbocycles. The molecule has 0 unspecified atom stereocenters. The first kappa shape index (κ1) is 20.0. The van der Waals surface area contributed by atoms with Crippen LogP contribution in [0.15, 0.2) is 47.0 Å². The van der Waals surface area contributed by atoms with Crippen molar-refractivity contribution in [3.63, 3.8) is 0 Å². The number of hydrogen-bond donors (Lipinski definition) is 2. The first-order chi connectivity index (χ1) is 14.0. The normalized spacial score (nSPS) is 10.6. The Kier molecular flexibility index (Phi) is 6.15. The number of aliphatic hydroxyl groups is 1. The molecule has 3 aromatic rings. The molecular weight excluding hydrogens is 380 g/mol. The van der Waals surface area contributed by atoms with Crippen molar-refractivity contribution >= 4 is 17.3 Å². The maximum absolute atomic E-state index is 12.5. The van der Waals surface area contributed by atoms with Crippen molar-refractivity contribution in [3.05, 3.63) is 69.6 Å². The molecule has 0 amide bonds. The lowest BCUT2D eigenvalue weighted by Crippen LogP contribution is -2.13. The van der Waals surface area contributed by atoms with Crippen LogP contribution >= 0.6 is 0 Å². The van der Waals surface area contributed by atoms with E-state index < -0.39 is 10.9 Å². The zero-order valence-corrected chi connectivity index (χ0v) is 15.5. The number of nitrogens with zero attached hydrogens (tertiary/aromatic N) is 3. The summed E-state index contributed by atoms with van der Waals surface area (Å²) in [5.41, 5.74) is 1.77. The molecule has 150 valence electrons. The van der Waals surface area contributed by atoms with Crippen LogP contribution in [-0.2, 0) is 11.3 Å². The molecule has 0 fully saturated rings. The second kappa shape index (κ2) is 8.93. The lowest BCUT2D eigenvalue weighted by Gasteiger charge is -2.10. The highest BCUT2D eigenvalue weighted by Crippen LogP contribution is 2.24. The fraction of sp³-hybridized carbons (Fsp3) is 0.211. The molecule has 2 N–H and O–H groups in total. The molecular formula is C19H18N4O6. The summed E-state index contributed by atoms with van der Waals surface area (Å²) in [6.07, 6.45) is 0. The molecule has 0 radical (unpaired) electrons. The summed E-state index contributed by atoms with van der Waals surface area (Å²) in [6, 6.07) is 11.2. The number of nitro groups is 1. The summed E-state index contributed by atoms with van der Waals surface area (Å²) >= 11 is 0. The monoisotopic (exact) mass is 398 g/mol. The minimum atomic E-state index is -0.801. The summed E-state index contributed by atoms with van der Waals surface area (Å²) in [5, 5.41) is 26.7. The van der Waals surface area contributed by atoms with E-state index >= 15 is 0 Å². The second-order valence-corrected chi connectivity index (χ2v) is 6.04. The smallest absolute Gasteiger partial charge is 0.341 e. The Bertz CT molecular complexity index is 1030. The number of aliphatic hydroxyl groups excluding tert-OH is 1. The van der Waals surface area contributed by atoms with Crippen molar-refractivity contribution < 1.29 is 24.1 Å². The van der Waals surface area contributed by atoms with Crippen LogP contribution in [0, 0.1) is 17.0 Å². The number of carbonyl (C=O) groups is 1. The van der Waals surface area contributed by atoms with Gasteiger partial charge in [0.1, 0.15) is 0 Å². The van der Waals surface area contributed by atoms with E-state index in [1.807, 2.05) is 31.2 Å². The second-order valence-electron chi connectivity index (χ2n) is 6.04. The van der Waals surface area contributed by atoms with E-state index in [0.29, 0.717) is 11.5 Å². The molecule has 3 rings (SSSR count). The topological polar surface area (TPSA) is 141 Å². The number of hydrogen-bond acceptors (Lipinski definition) is 9. The van der Waals surface area contributed by atoms with Crippen LogP contribution in [0.2, 0.25) is 0 Å². The van der Waals surface area contributed by atoms with Crippen LogP contribution in [-0.4, -0.2) is 39.3 Å². The van der Waals surface area contributed by atoms with E-state index in [-0.39, 0.29) is 36.9 Å². The Labute approximate surface area is 165 Å². The van der Waals surface area contributed by atoms with Gasteiger partial charge in [0.15, 0.2) is 6.61 Å².